The predicted octanol–water partition coefficient (Wildman–Crippen LogP) is 3.05. The van der Waals surface area contributed by atoms with Crippen molar-refractivity contribution in [2.75, 3.05) is 13.7 Å². The summed E-state index contributed by atoms with van der Waals surface area (Å²) in [5.74, 6) is -0.267. The average molecular weight is 311 g/mol. The van der Waals surface area contributed by atoms with Gasteiger partial charge in [0.1, 0.15) is 0 Å². The third-order valence-electron chi connectivity index (χ3n) is 3.17. The molecule has 1 aliphatic rings. The first-order valence-electron chi connectivity index (χ1n) is 5.74. The van der Waals surface area contributed by atoms with Crippen molar-refractivity contribution >= 4 is 21.7 Å². The smallest absolute Gasteiger partial charge is 0.171 e. The maximum Gasteiger partial charge on any atom is 0.171 e. The van der Waals surface area contributed by atoms with Crippen LogP contribution in [-0.4, -0.2) is 25.8 Å². The quantitative estimate of drug-likeness (QED) is 0.633. The zero-order chi connectivity index (χ0) is 13.1. The molecule has 0 aliphatic carbocycles. The Morgan fingerprint density at radius 3 is 2.72 bits per heavy atom. The van der Waals surface area contributed by atoms with Crippen molar-refractivity contribution in [3.63, 3.8) is 0 Å². The second kappa shape index (κ2) is 5.78. The van der Waals surface area contributed by atoms with Crippen molar-refractivity contribution in [1.29, 1.82) is 0 Å². The fourth-order valence-electron chi connectivity index (χ4n) is 2.17. The third kappa shape index (κ3) is 2.55. The van der Waals surface area contributed by atoms with Crippen LogP contribution in [0.1, 0.15) is 10.4 Å². The molecule has 0 radical (unpaired) electrons. The zero-order valence-corrected chi connectivity index (χ0v) is 11.7. The number of benzene rings is 1. The summed E-state index contributed by atoms with van der Waals surface area (Å²) in [4.78, 5) is 12.5. The largest absolute Gasteiger partial charge is 0.355 e. The van der Waals surface area contributed by atoms with Gasteiger partial charge in [-0.3, -0.25) is 4.79 Å². The maximum absolute atomic E-state index is 12.5. The molecule has 1 aliphatic heterocycles. The molecule has 1 saturated heterocycles. The highest BCUT2D eigenvalue weighted by Gasteiger charge is 2.41. The van der Waals surface area contributed by atoms with E-state index in [-0.39, 0.29) is 17.6 Å². The van der Waals surface area contributed by atoms with Gasteiger partial charge >= 0.3 is 0 Å². The molecule has 1 aromatic rings. The van der Waals surface area contributed by atoms with Crippen LogP contribution in [0.15, 0.2) is 41.4 Å². The summed E-state index contributed by atoms with van der Waals surface area (Å²) in [6.45, 7) is 4.24. The number of Topliss-reactive ketones (excluding diaryl/α,β-unsaturated/α-hetero) is 1. The minimum Gasteiger partial charge on any atom is -0.355 e. The van der Waals surface area contributed by atoms with E-state index in [9.17, 15) is 4.79 Å². The second-order valence-electron chi connectivity index (χ2n) is 4.23. The molecule has 3 nitrogen and oxygen atoms in total. The van der Waals surface area contributed by atoms with Gasteiger partial charge < -0.3 is 9.47 Å². The van der Waals surface area contributed by atoms with Crippen LogP contribution in [0.3, 0.4) is 0 Å². The van der Waals surface area contributed by atoms with E-state index < -0.39 is 6.29 Å². The SMILES string of the molecule is C=C[C@H]1CO[C@H](OC)[C@H]1C(=O)c1ccc(Br)cc1. The van der Waals surface area contributed by atoms with Gasteiger partial charge in [0.25, 0.3) is 0 Å². The van der Waals surface area contributed by atoms with E-state index in [1.54, 1.807) is 25.3 Å². The van der Waals surface area contributed by atoms with Gasteiger partial charge in [-0.15, -0.1) is 6.58 Å². The normalized spacial score (nSPS) is 27.1. The van der Waals surface area contributed by atoms with Crippen molar-refractivity contribution in [2.45, 2.75) is 6.29 Å². The van der Waals surface area contributed by atoms with Crippen molar-refractivity contribution in [1.82, 2.24) is 0 Å². The van der Waals surface area contributed by atoms with E-state index in [0.717, 1.165) is 4.47 Å². The molecule has 0 N–H and O–H groups in total. The van der Waals surface area contributed by atoms with Crippen LogP contribution in [0.4, 0.5) is 0 Å². The van der Waals surface area contributed by atoms with Gasteiger partial charge in [-0.2, -0.15) is 0 Å². The highest BCUT2D eigenvalue weighted by atomic mass is 79.9. The van der Waals surface area contributed by atoms with Gasteiger partial charge in [-0.05, 0) is 12.1 Å². The molecule has 0 aromatic heterocycles. The number of halogens is 1. The molecule has 3 atom stereocenters. The van der Waals surface area contributed by atoms with Gasteiger partial charge in [-0.1, -0.05) is 34.1 Å². The highest BCUT2D eigenvalue weighted by molar-refractivity contribution is 9.10. The standard InChI is InChI=1S/C14H15BrO3/c1-3-9-8-18-14(17-2)12(9)13(16)10-4-6-11(15)7-5-10/h3-7,9,12,14H,1,8H2,2H3/t9-,12+,14-/m0/s1. The number of ether oxygens (including phenoxy) is 2. The van der Waals surface area contributed by atoms with Crippen LogP contribution >= 0.6 is 15.9 Å². The number of carbonyl (C=O) groups is 1. The number of ketones is 1. The van der Waals surface area contributed by atoms with Crippen LogP contribution < -0.4 is 0 Å². The van der Waals surface area contributed by atoms with Gasteiger partial charge in [0.15, 0.2) is 12.1 Å². The van der Waals surface area contributed by atoms with E-state index in [0.29, 0.717) is 12.2 Å². The molecular weight excluding hydrogens is 296 g/mol. The minimum absolute atomic E-state index is 0.00565. The molecule has 0 saturated carbocycles. The first-order chi connectivity index (χ1) is 8.67. The number of hydrogen-bond donors (Lipinski definition) is 0. The lowest BCUT2D eigenvalue weighted by molar-refractivity contribution is -0.102. The van der Waals surface area contributed by atoms with E-state index in [1.165, 1.54) is 0 Å². The molecule has 18 heavy (non-hydrogen) atoms. The molecule has 0 amide bonds. The van der Waals surface area contributed by atoms with E-state index in [2.05, 4.69) is 22.5 Å². The monoisotopic (exact) mass is 310 g/mol. The lowest BCUT2D eigenvalue weighted by Gasteiger charge is -2.18. The van der Waals surface area contributed by atoms with E-state index in [4.69, 9.17) is 9.47 Å². The molecule has 0 bridgehead atoms. The predicted molar refractivity (Wildman–Crippen MR) is 72.4 cm³/mol. The van der Waals surface area contributed by atoms with Gasteiger partial charge in [0.2, 0.25) is 0 Å². The molecule has 96 valence electrons. The Morgan fingerprint density at radius 1 is 1.50 bits per heavy atom. The third-order valence-corrected chi connectivity index (χ3v) is 3.70. The minimum atomic E-state index is -0.482. The Morgan fingerprint density at radius 2 is 2.17 bits per heavy atom. The molecule has 1 heterocycles. The molecular formula is C14H15BrO3. The maximum atomic E-state index is 12.5. The Kier molecular flexibility index (Phi) is 4.32. The highest BCUT2D eigenvalue weighted by Crippen LogP contribution is 2.31. The fourth-order valence-corrected chi connectivity index (χ4v) is 2.43. The molecule has 2 rings (SSSR count). The number of hydrogen-bond acceptors (Lipinski definition) is 3. The lowest BCUT2D eigenvalue weighted by Crippen LogP contribution is -2.29. The first-order valence-corrected chi connectivity index (χ1v) is 6.53. The fraction of sp³-hybridized carbons (Fsp3) is 0.357. The van der Waals surface area contributed by atoms with Crippen molar-refractivity contribution < 1.29 is 14.3 Å². The Hall–Kier alpha value is -0.970. The summed E-state index contributed by atoms with van der Waals surface area (Å²) in [5, 5.41) is 0. The molecule has 1 aromatic carbocycles. The summed E-state index contributed by atoms with van der Waals surface area (Å²) in [6, 6.07) is 7.32. The van der Waals surface area contributed by atoms with E-state index >= 15 is 0 Å². The number of carbonyl (C=O) groups excluding carboxylic acids is 1. The van der Waals surface area contributed by atoms with Crippen LogP contribution in [0, 0.1) is 11.8 Å². The van der Waals surface area contributed by atoms with E-state index in [1.807, 2.05) is 12.1 Å². The Bertz CT molecular complexity index is 441. The lowest BCUT2D eigenvalue weighted by atomic mass is 9.87. The summed E-state index contributed by atoms with van der Waals surface area (Å²) in [7, 11) is 1.55. The van der Waals surface area contributed by atoms with Crippen LogP contribution in [0.25, 0.3) is 0 Å². The van der Waals surface area contributed by atoms with Crippen molar-refractivity contribution in [2.24, 2.45) is 11.8 Å². The number of rotatable bonds is 4. The first kappa shape index (κ1) is 13.5. The number of methoxy groups -OCH3 is 1. The summed E-state index contributed by atoms with van der Waals surface area (Å²) in [5.41, 5.74) is 0.669. The van der Waals surface area contributed by atoms with Crippen molar-refractivity contribution in [3.05, 3.63) is 47.0 Å². The summed E-state index contributed by atoms with van der Waals surface area (Å²) >= 11 is 3.35. The van der Waals surface area contributed by atoms with Crippen molar-refractivity contribution in [3.8, 4) is 0 Å². The Balaban J connectivity index is 2.25. The average Bonchev–Trinajstić information content (AvgIpc) is 2.81. The summed E-state index contributed by atoms with van der Waals surface area (Å²) < 4.78 is 11.6. The van der Waals surface area contributed by atoms with Crippen LogP contribution in [0.5, 0.6) is 0 Å². The van der Waals surface area contributed by atoms with Crippen LogP contribution in [0.2, 0.25) is 0 Å². The topological polar surface area (TPSA) is 35.5 Å². The van der Waals surface area contributed by atoms with Gasteiger partial charge in [0.05, 0.1) is 12.5 Å². The Labute approximate surface area is 115 Å². The molecule has 0 spiro atoms. The van der Waals surface area contributed by atoms with Gasteiger partial charge in [0, 0.05) is 23.1 Å². The zero-order valence-electron chi connectivity index (χ0n) is 10.1. The molecule has 4 heteroatoms. The second-order valence-corrected chi connectivity index (χ2v) is 5.15. The molecule has 0 unspecified atom stereocenters. The molecule has 1 fully saturated rings. The van der Waals surface area contributed by atoms with Crippen LogP contribution in [-0.2, 0) is 9.47 Å². The summed E-state index contributed by atoms with van der Waals surface area (Å²) in [6.07, 6.45) is 1.28. The van der Waals surface area contributed by atoms with Gasteiger partial charge in [-0.25, -0.2) is 0 Å².